The molecule has 0 bridgehead atoms. The van der Waals surface area contributed by atoms with Crippen LogP contribution >= 0.6 is 11.6 Å². The van der Waals surface area contributed by atoms with Crippen molar-refractivity contribution in [2.75, 3.05) is 0 Å². The number of hydrogen-bond acceptors (Lipinski definition) is 4. The van der Waals surface area contributed by atoms with Crippen molar-refractivity contribution in [1.82, 2.24) is 19.2 Å². The number of oxazole rings is 1. The molecule has 0 amide bonds. The maximum absolute atomic E-state index is 13.2. The SMILES string of the molecule is Cc1oc(-c2ccc(Cl)cc2)nc1Cn1ccn2nc(-c3ccc(F)cc3)cc2c1=O. The van der Waals surface area contributed by atoms with Gasteiger partial charge < -0.3 is 8.98 Å². The summed E-state index contributed by atoms with van der Waals surface area (Å²) < 4.78 is 22.1. The maximum Gasteiger partial charge on any atom is 0.276 e. The van der Waals surface area contributed by atoms with E-state index in [1.54, 1.807) is 47.3 Å². The lowest BCUT2D eigenvalue weighted by Crippen LogP contribution is -2.22. The number of fused-ring (bicyclic) bond motifs is 1. The third kappa shape index (κ3) is 3.64. The summed E-state index contributed by atoms with van der Waals surface area (Å²) in [6.07, 6.45) is 3.37. The minimum atomic E-state index is -0.323. The van der Waals surface area contributed by atoms with Gasteiger partial charge in [-0.1, -0.05) is 11.6 Å². The van der Waals surface area contributed by atoms with Gasteiger partial charge >= 0.3 is 0 Å². The smallest absolute Gasteiger partial charge is 0.276 e. The van der Waals surface area contributed by atoms with E-state index in [-0.39, 0.29) is 17.9 Å². The summed E-state index contributed by atoms with van der Waals surface area (Å²) in [5.41, 5.74) is 3.00. The lowest BCUT2D eigenvalue weighted by molar-refractivity contribution is 0.537. The summed E-state index contributed by atoms with van der Waals surface area (Å²) in [5, 5.41) is 5.06. The molecule has 3 heterocycles. The fourth-order valence-corrected chi connectivity index (χ4v) is 3.49. The third-order valence-corrected chi connectivity index (χ3v) is 5.30. The van der Waals surface area contributed by atoms with Crippen LogP contribution in [0, 0.1) is 12.7 Å². The monoisotopic (exact) mass is 434 g/mol. The third-order valence-electron chi connectivity index (χ3n) is 5.05. The fourth-order valence-electron chi connectivity index (χ4n) is 3.36. The van der Waals surface area contributed by atoms with Crippen LogP contribution in [0.25, 0.3) is 28.2 Å². The zero-order valence-corrected chi connectivity index (χ0v) is 17.2. The van der Waals surface area contributed by atoms with Gasteiger partial charge in [0.1, 0.15) is 22.8 Å². The number of benzene rings is 2. The van der Waals surface area contributed by atoms with Crippen LogP contribution in [-0.2, 0) is 6.54 Å². The second-order valence-corrected chi connectivity index (χ2v) is 7.56. The van der Waals surface area contributed by atoms with Gasteiger partial charge in [0, 0.05) is 28.5 Å². The van der Waals surface area contributed by atoms with Gasteiger partial charge in [-0.05, 0) is 61.5 Å². The summed E-state index contributed by atoms with van der Waals surface area (Å²) in [6.45, 7) is 2.08. The lowest BCUT2D eigenvalue weighted by atomic mass is 10.1. The van der Waals surface area contributed by atoms with E-state index in [2.05, 4.69) is 10.1 Å². The van der Waals surface area contributed by atoms with Crippen molar-refractivity contribution in [1.29, 1.82) is 0 Å². The molecular weight excluding hydrogens is 419 g/mol. The summed E-state index contributed by atoms with van der Waals surface area (Å²) >= 11 is 5.94. The van der Waals surface area contributed by atoms with E-state index in [4.69, 9.17) is 16.0 Å². The van der Waals surface area contributed by atoms with Crippen molar-refractivity contribution in [2.45, 2.75) is 13.5 Å². The van der Waals surface area contributed by atoms with Crippen molar-refractivity contribution < 1.29 is 8.81 Å². The van der Waals surface area contributed by atoms with E-state index in [9.17, 15) is 9.18 Å². The molecule has 0 atom stereocenters. The first-order chi connectivity index (χ1) is 15.0. The molecule has 0 aliphatic rings. The Hall–Kier alpha value is -3.71. The van der Waals surface area contributed by atoms with Gasteiger partial charge in [0.15, 0.2) is 0 Å². The van der Waals surface area contributed by atoms with E-state index in [1.165, 1.54) is 16.6 Å². The molecule has 0 saturated carbocycles. The molecule has 0 fully saturated rings. The summed E-state index contributed by atoms with van der Waals surface area (Å²) in [7, 11) is 0. The van der Waals surface area contributed by atoms with Crippen molar-refractivity contribution in [2.24, 2.45) is 0 Å². The highest BCUT2D eigenvalue weighted by atomic mass is 35.5. The number of hydrogen-bond donors (Lipinski definition) is 0. The van der Waals surface area contributed by atoms with Gasteiger partial charge in [-0.25, -0.2) is 13.9 Å². The largest absolute Gasteiger partial charge is 0.441 e. The van der Waals surface area contributed by atoms with Crippen LogP contribution in [0.5, 0.6) is 0 Å². The molecule has 0 N–H and O–H groups in total. The number of aryl methyl sites for hydroxylation is 1. The molecular formula is C23H16ClFN4O2. The molecule has 5 rings (SSSR count). The number of halogens is 2. The normalized spacial score (nSPS) is 11.3. The van der Waals surface area contributed by atoms with Crippen LogP contribution in [0.1, 0.15) is 11.5 Å². The van der Waals surface area contributed by atoms with Crippen LogP contribution < -0.4 is 5.56 Å². The highest BCUT2D eigenvalue weighted by Gasteiger charge is 2.14. The van der Waals surface area contributed by atoms with E-state index in [0.29, 0.717) is 33.6 Å². The van der Waals surface area contributed by atoms with E-state index in [1.807, 2.05) is 19.1 Å². The first kappa shape index (κ1) is 19.3. The molecule has 0 saturated heterocycles. The average molecular weight is 435 g/mol. The van der Waals surface area contributed by atoms with Gasteiger partial charge in [-0.2, -0.15) is 5.10 Å². The Bertz CT molecular complexity index is 1450. The predicted molar refractivity (Wildman–Crippen MR) is 116 cm³/mol. The van der Waals surface area contributed by atoms with Crippen molar-refractivity contribution in [3.05, 3.63) is 99.6 Å². The summed E-state index contributed by atoms with van der Waals surface area (Å²) in [4.78, 5) is 17.6. The van der Waals surface area contributed by atoms with Crippen molar-refractivity contribution in [3.63, 3.8) is 0 Å². The van der Waals surface area contributed by atoms with Gasteiger partial charge in [0.2, 0.25) is 5.89 Å². The molecule has 6 nitrogen and oxygen atoms in total. The minimum Gasteiger partial charge on any atom is -0.441 e. The molecule has 0 radical (unpaired) electrons. The zero-order valence-electron chi connectivity index (χ0n) is 16.4. The van der Waals surface area contributed by atoms with Crippen molar-refractivity contribution in [3.8, 4) is 22.7 Å². The molecule has 8 heteroatoms. The van der Waals surface area contributed by atoms with Gasteiger partial charge in [-0.3, -0.25) is 4.79 Å². The molecule has 154 valence electrons. The predicted octanol–water partition coefficient (Wildman–Crippen LogP) is 4.97. The quantitative estimate of drug-likeness (QED) is 0.400. The van der Waals surface area contributed by atoms with Gasteiger partial charge in [0.05, 0.1) is 12.2 Å². The second kappa shape index (κ2) is 7.52. The second-order valence-electron chi connectivity index (χ2n) is 7.13. The Kier molecular flexibility index (Phi) is 4.67. The van der Waals surface area contributed by atoms with E-state index >= 15 is 0 Å². The first-order valence-electron chi connectivity index (χ1n) is 9.55. The summed E-state index contributed by atoms with van der Waals surface area (Å²) in [6, 6.07) is 14.9. The highest BCUT2D eigenvalue weighted by molar-refractivity contribution is 6.30. The number of aromatic nitrogens is 4. The van der Waals surface area contributed by atoms with Crippen molar-refractivity contribution >= 4 is 17.1 Å². The maximum atomic E-state index is 13.2. The molecule has 31 heavy (non-hydrogen) atoms. The Morgan fingerprint density at radius 3 is 2.48 bits per heavy atom. The molecule has 5 aromatic rings. The Labute approximate surface area is 181 Å². The minimum absolute atomic E-state index is 0.209. The molecule has 3 aromatic heterocycles. The van der Waals surface area contributed by atoms with E-state index < -0.39 is 0 Å². The van der Waals surface area contributed by atoms with Gasteiger partial charge in [0.25, 0.3) is 5.56 Å². The van der Waals surface area contributed by atoms with E-state index in [0.717, 1.165) is 11.1 Å². The molecule has 2 aromatic carbocycles. The lowest BCUT2D eigenvalue weighted by Gasteiger charge is -2.04. The van der Waals surface area contributed by atoms with Gasteiger partial charge in [-0.15, -0.1) is 0 Å². The molecule has 0 unspecified atom stereocenters. The first-order valence-corrected chi connectivity index (χ1v) is 9.93. The standard InChI is InChI=1S/C23H16ClFN4O2/c1-14-20(26-22(31-14)16-2-6-17(24)7-3-16)13-28-10-11-29-21(23(28)30)12-19(27-29)15-4-8-18(25)9-5-15/h2-12H,13H2,1H3. The molecule has 0 spiro atoms. The van der Waals surface area contributed by atoms with Crippen LogP contribution in [0.4, 0.5) is 4.39 Å². The van der Waals surface area contributed by atoms with Crippen LogP contribution in [0.15, 0.2) is 76.2 Å². The Balaban J connectivity index is 1.48. The zero-order chi connectivity index (χ0) is 21.5. The Morgan fingerprint density at radius 2 is 1.74 bits per heavy atom. The molecule has 0 aliphatic carbocycles. The van der Waals surface area contributed by atoms with Crippen LogP contribution in [-0.4, -0.2) is 19.2 Å². The fraction of sp³-hybridized carbons (Fsp3) is 0.0870. The topological polar surface area (TPSA) is 65.3 Å². The molecule has 0 aliphatic heterocycles. The number of rotatable bonds is 4. The van der Waals surface area contributed by atoms with Crippen LogP contribution in [0.2, 0.25) is 5.02 Å². The summed E-state index contributed by atoms with van der Waals surface area (Å²) in [5.74, 6) is 0.786. The number of nitrogens with zero attached hydrogens (tertiary/aromatic N) is 4. The highest BCUT2D eigenvalue weighted by Crippen LogP contribution is 2.24. The van der Waals surface area contributed by atoms with Crippen LogP contribution in [0.3, 0.4) is 0 Å². The Morgan fingerprint density at radius 1 is 1.03 bits per heavy atom. The average Bonchev–Trinajstić information content (AvgIpc) is 3.36.